The third-order valence-corrected chi connectivity index (χ3v) is 4.62. The molecule has 140 valence electrons. The lowest BCUT2D eigenvalue weighted by Crippen LogP contribution is -2.51. The highest BCUT2D eigenvalue weighted by Crippen LogP contribution is 2.24. The third-order valence-electron chi connectivity index (χ3n) is 4.62. The monoisotopic (exact) mass is 360 g/mol. The van der Waals surface area contributed by atoms with E-state index in [1.54, 1.807) is 32.0 Å². The summed E-state index contributed by atoms with van der Waals surface area (Å²) in [6.07, 6.45) is 0.300. The van der Waals surface area contributed by atoms with E-state index in [-0.39, 0.29) is 17.9 Å². The van der Waals surface area contributed by atoms with Crippen molar-refractivity contribution in [3.63, 3.8) is 0 Å². The molecule has 2 rings (SSSR count). The van der Waals surface area contributed by atoms with Gasteiger partial charge in [0.25, 0.3) is 0 Å². The highest BCUT2D eigenvalue weighted by atomic mass is 16.5. The lowest BCUT2D eigenvalue weighted by Gasteiger charge is -2.25. The first-order chi connectivity index (χ1) is 12.3. The Morgan fingerprint density at radius 3 is 2.62 bits per heavy atom. The third kappa shape index (κ3) is 4.04. The zero-order chi connectivity index (χ0) is 19.4. The number of hydrogen-bond acceptors (Lipinski definition) is 6. The normalized spacial score (nSPS) is 13.2. The van der Waals surface area contributed by atoms with E-state index in [1.165, 1.54) is 7.11 Å². The molecule has 0 radical (unpaired) electrons. The summed E-state index contributed by atoms with van der Waals surface area (Å²) < 4.78 is 10.4. The molecule has 1 N–H and O–H groups in total. The molecule has 2 atom stereocenters. The van der Waals surface area contributed by atoms with Gasteiger partial charge in [-0.2, -0.15) is 0 Å². The Hall–Kier alpha value is -2.83. The molecule has 7 nitrogen and oxygen atoms in total. The second kappa shape index (κ2) is 8.03. The molecule has 7 heteroatoms. The van der Waals surface area contributed by atoms with Crippen molar-refractivity contribution in [2.75, 3.05) is 7.11 Å². The lowest BCUT2D eigenvalue weighted by molar-refractivity contribution is -0.309. The fourth-order valence-electron chi connectivity index (χ4n) is 2.76. The van der Waals surface area contributed by atoms with E-state index in [1.807, 2.05) is 6.92 Å². The van der Waals surface area contributed by atoms with Crippen molar-refractivity contribution < 1.29 is 23.8 Å². The molecule has 26 heavy (non-hydrogen) atoms. The number of aliphatic carboxylic acids is 1. The van der Waals surface area contributed by atoms with E-state index in [2.05, 4.69) is 5.32 Å². The molecule has 1 aromatic heterocycles. The number of methoxy groups -OCH3 is 1. The van der Waals surface area contributed by atoms with Crippen LogP contribution in [-0.4, -0.2) is 25.0 Å². The number of hydrogen-bond donors (Lipinski definition) is 1. The zero-order valence-corrected chi connectivity index (χ0v) is 15.3. The number of benzene rings is 1. The van der Waals surface area contributed by atoms with Gasteiger partial charge in [-0.05, 0) is 30.5 Å². The van der Waals surface area contributed by atoms with Gasteiger partial charge < -0.3 is 24.4 Å². The SMILES string of the molecule is CC[C@@H](C)[C@H](NC(=O)Cc1c(C)c2ccc(OC)cc2oc1=O)C(=O)[O-]. The summed E-state index contributed by atoms with van der Waals surface area (Å²) in [4.78, 5) is 35.8. The largest absolute Gasteiger partial charge is 0.548 e. The van der Waals surface area contributed by atoms with Crippen LogP contribution in [0.1, 0.15) is 31.4 Å². The molecule has 1 amide bonds. The number of ether oxygens (including phenoxy) is 1. The first-order valence-corrected chi connectivity index (χ1v) is 8.39. The standard InChI is InChI=1S/C19H23NO6/c1-5-10(2)17(18(22)23)20-16(21)9-14-11(3)13-7-6-12(25-4)8-15(13)26-19(14)24/h6-8,10,17H,5,9H2,1-4H3,(H,20,21)(H,22,23)/p-1/t10-,17+/m1/s1. The number of aryl methyl sites for hydroxylation is 1. The van der Waals surface area contributed by atoms with Crippen molar-refractivity contribution in [2.24, 2.45) is 5.92 Å². The summed E-state index contributed by atoms with van der Waals surface area (Å²) in [7, 11) is 1.51. The molecule has 1 heterocycles. The van der Waals surface area contributed by atoms with E-state index in [0.717, 1.165) is 0 Å². The maximum Gasteiger partial charge on any atom is 0.340 e. The Labute approximate surface area is 151 Å². The van der Waals surface area contributed by atoms with Gasteiger partial charge in [0.05, 0.1) is 31.1 Å². The van der Waals surface area contributed by atoms with Gasteiger partial charge in [0, 0.05) is 11.5 Å². The molecule has 0 aliphatic heterocycles. The average Bonchev–Trinajstić information content (AvgIpc) is 2.61. The number of carboxylic acid groups (broad SMARTS) is 1. The van der Waals surface area contributed by atoms with Crippen LogP contribution in [0.3, 0.4) is 0 Å². The van der Waals surface area contributed by atoms with Gasteiger partial charge >= 0.3 is 5.63 Å². The molecule has 0 spiro atoms. The minimum atomic E-state index is -1.35. The fraction of sp³-hybridized carbons (Fsp3) is 0.421. The summed E-state index contributed by atoms with van der Waals surface area (Å²) in [6.45, 7) is 5.26. The number of amides is 1. The van der Waals surface area contributed by atoms with Crippen LogP contribution in [0.25, 0.3) is 11.0 Å². The maximum atomic E-state index is 12.3. The van der Waals surface area contributed by atoms with Crippen molar-refractivity contribution in [1.29, 1.82) is 0 Å². The number of carbonyl (C=O) groups excluding carboxylic acids is 2. The van der Waals surface area contributed by atoms with Crippen LogP contribution in [0, 0.1) is 12.8 Å². The molecule has 0 fully saturated rings. The minimum Gasteiger partial charge on any atom is -0.548 e. The molecular weight excluding hydrogens is 338 g/mol. The second-order valence-electron chi connectivity index (χ2n) is 6.28. The topological polar surface area (TPSA) is 109 Å². The van der Waals surface area contributed by atoms with Crippen molar-refractivity contribution in [1.82, 2.24) is 5.32 Å². The number of carbonyl (C=O) groups is 2. The summed E-state index contributed by atoms with van der Waals surface area (Å²) >= 11 is 0. The van der Waals surface area contributed by atoms with Crippen LogP contribution in [0.15, 0.2) is 27.4 Å². The first kappa shape index (κ1) is 19.5. The van der Waals surface area contributed by atoms with E-state index >= 15 is 0 Å². The van der Waals surface area contributed by atoms with Crippen LogP contribution in [-0.2, 0) is 16.0 Å². The van der Waals surface area contributed by atoms with Crippen molar-refractivity contribution >= 4 is 22.8 Å². The smallest absolute Gasteiger partial charge is 0.340 e. The van der Waals surface area contributed by atoms with Gasteiger partial charge in [-0.1, -0.05) is 20.3 Å². The number of nitrogens with one attached hydrogen (secondary N) is 1. The summed E-state index contributed by atoms with van der Waals surface area (Å²) in [6, 6.07) is 3.97. The van der Waals surface area contributed by atoms with Crippen LogP contribution in [0.5, 0.6) is 5.75 Å². The molecule has 0 aliphatic rings. The fourth-order valence-corrected chi connectivity index (χ4v) is 2.76. The number of carboxylic acids is 1. The molecule has 0 unspecified atom stereocenters. The molecule has 0 bridgehead atoms. The van der Waals surface area contributed by atoms with E-state index in [9.17, 15) is 19.5 Å². The molecule has 0 saturated heterocycles. The van der Waals surface area contributed by atoms with Gasteiger partial charge in [0.15, 0.2) is 0 Å². The Morgan fingerprint density at radius 1 is 1.35 bits per heavy atom. The average molecular weight is 360 g/mol. The molecular formula is C19H22NO6-. The van der Waals surface area contributed by atoms with Gasteiger partial charge in [0.1, 0.15) is 11.3 Å². The lowest BCUT2D eigenvalue weighted by atomic mass is 9.98. The van der Waals surface area contributed by atoms with Crippen LogP contribution in [0.4, 0.5) is 0 Å². The highest BCUT2D eigenvalue weighted by molar-refractivity contribution is 5.87. The highest BCUT2D eigenvalue weighted by Gasteiger charge is 2.21. The summed E-state index contributed by atoms with van der Waals surface area (Å²) in [5, 5.41) is 14.4. The van der Waals surface area contributed by atoms with Gasteiger partial charge in [-0.25, -0.2) is 4.79 Å². The quantitative estimate of drug-likeness (QED) is 0.736. The summed E-state index contributed by atoms with van der Waals surface area (Å²) in [5.74, 6) is -1.65. The van der Waals surface area contributed by atoms with Crippen LogP contribution in [0.2, 0.25) is 0 Å². The van der Waals surface area contributed by atoms with Gasteiger partial charge in [0.2, 0.25) is 5.91 Å². The van der Waals surface area contributed by atoms with Crippen LogP contribution >= 0.6 is 0 Å². The van der Waals surface area contributed by atoms with E-state index in [0.29, 0.717) is 28.7 Å². The van der Waals surface area contributed by atoms with Crippen molar-refractivity contribution in [2.45, 2.75) is 39.7 Å². The number of fused-ring (bicyclic) bond motifs is 1. The van der Waals surface area contributed by atoms with E-state index in [4.69, 9.17) is 9.15 Å². The Kier molecular flexibility index (Phi) is 6.02. The maximum absolute atomic E-state index is 12.3. The molecule has 0 aliphatic carbocycles. The molecule has 1 aromatic carbocycles. The van der Waals surface area contributed by atoms with E-state index < -0.39 is 23.5 Å². The molecule has 0 saturated carbocycles. The number of rotatable bonds is 7. The first-order valence-electron chi connectivity index (χ1n) is 8.39. The minimum absolute atomic E-state index is 0.196. The second-order valence-corrected chi connectivity index (χ2v) is 6.28. The predicted molar refractivity (Wildman–Crippen MR) is 93.9 cm³/mol. The summed E-state index contributed by atoms with van der Waals surface area (Å²) in [5.41, 5.74) is 0.541. The van der Waals surface area contributed by atoms with Crippen LogP contribution < -0.4 is 20.8 Å². The van der Waals surface area contributed by atoms with Gasteiger partial charge in [-0.3, -0.25) is 4.79 Å². The Balaban J connectivity index is 2.31. The Bertz CT molecular complexity index is 885. The Morgan fingerprint density at radius 2 is 2.04 bits per heavy atom. The predicted octanol–water partition coefficient (Wildman–Crippen LogP) is 0.933. The van der Waals surface area contributed by atoms with Crippen molar-refractivity contribution in [3.05, 3.63) is 39.7 Å². The van der Waals surface area contributed by atoms with Crippen molar-refractivity contribution in [3.8, 4) is 5.75 Å². The van der Waals surface area contributed by atoms with Gasteiger partial charge in [-0.15, -0.1) is 0 Å². The molecule has 2 aromatic rings. The zero-order valence-electron chi connectivity index (χ0n) is 15.3.